The average molecular weight is 462 g/mol. The van der Waals surface area contributed by atoms with Gasteiger partial charge in [-0.25, -0.2) is 13.4 Å². The quantitative estimate of drug-likeness (QED) is 0.462. The van der Waals surface area contributed by atoms with Gasteiger partial charge in [-0.15, -0.1) is 11.3 Å². The fourth-order valence-electron chi connectivity index (χ4n) is 3.72. The van der Waals surface area contributed by atoms with Gasteiger partial charge in [-0.3, -0.25) is 14.4 Å². The lowest BCUT2D eigenvalue weighted by Gasteiger charge is -2.19. The van der Waals surface area contributed by atoms with E-state index in [1.165, 1.54) is 27.8 Å². The molecule has 0 spiro atoms. The number of carbonyl (C=O) groups is 1. The summed E-state index contributed by atoms with van der Waals surface area (Å²) < 4.78 is 28.0. The minimum atomic E-state index is -3.77. The summed E-state index contributed by atoms with van der Waals surface area (Å²) >= 11 is 1.32. The second kappa shape index (κ2) is 8.22. The second-order valence-corrected chi connectivity index (χ2v) is 10.1. The van der Waals surface area contributed by atoms with E-state index >= 15 is 0 Å². The van der Waals surface area contributed by atoms with Gasteiger partial charge in [0, 0.05) is 23.1 Å². The third-order valence-corrected chi connectivity index (χ3v) is 7.89. The molecule has 0 aliphatic carbocycles. The van der Waals surface area contributed by atoms with Gasteiger partial charge in [0.25, 0.3) is 15.9 Å². The normalized spacial score (nSPS) is 13.1. The lowest BCUT2D eigenvalue weighted by Crippen LogP contribution is -2.29. The van der Waals surface area contributed by atoms with Gasteiger partial charge in [0.1, 0.15) is 0 Å². The molecule has 0 fully saturated rings. The number of rotatable bonds is 5. The number of anilines is 2. The Labute approximate surface area is 190 Å². The molecule has 0 atom stereocenters. The zero-order chi connectivity index (χ0) is 22.1. The van der Waals surface area contributed by atoms with Crippen LogP contribution in [0.25, 0.3) is 11.3 Å². The van der Waals surface area contributed by atoms with Gasteiger partial charge < -0.3 is 0 Å². The molecule has 3 aromatic carbocycles. The number of hydrogen-bond donors (Lipinski definition) is 1. The summed E-state index contributed by atoms with van der Waals surface area (Å²) in [5.41, 5.74) is 3.69. The molecule has 0 bridgehead atoms. The average Bonchev–Trinajstić information content (AvgIpc) is 3.47. The number of aromatic nitrogens is 1. The molecular formula is C24H19N3O3S2. The Kier molecular flexibility index (Phi) is 5.24. The molecule has 0 unspecified atom stereocenters. The Bertz CT molecular complexity index is 1400. The number of nitrogens with zero attached hydrogens (tertiary/aromatic N) is 2. The number of hydrogen-bond acceptors (Lipinski definition) is 5. The summed E-state index contributed by atoms with van der Waals surface area (Å²) in [6.07, 6.45) is 0.670. The van der Waals surface area contributed by atoms with Crippen molar-refractivity contribution in [1.82, 2.24) is 4.98 Å². The van der Waals surface area contributed by atoms with Crippen LogP contribution >= 0.6 is 11.3 Å². The molecule has 0 saturated carbocycles. The van der Waals surface area contributed by atoms with Crippen LogP contribution in [-0.4, -0.2) is 25.9 Å². The van der Waals surface area contributed by atoms with Crippen molar-refractivity contribution >= 4 is 38.1 Å². The number of amides is 1. The largest absolute Gasteiger partial charge is 0.298 e. The van der Waals surface area contributed by atoms with Gasteiger partial charge in [0.15, 0.2) is 5.13 Å². The monoisotopic (exact) mass is 461 g/mol. The van der Waals surface area contributed by atoms with Crippen LogP contribution in [0, 0.1) is 0 Å². The minimum absolute atomic E-state index is 0.0889. The van der Waals surface area contributed by atoms with E-state index in [0.717, 1.165) is 16.8 Å². The minimum Gasteiger partial charge on any atom is -0.298 e. The number of benzene rings is 3. The van der Waals surface area contributed by atoms with Crippen molar-refractivity contribution in [1.29, 1.82) is 0 Å². The number of sulfonamides is 1. The van der Waals surface area contributed by atoms with Crippen molar-refractivity contribution in [3.8, 4) is 11.3 Å². The Morgan fingerprint density at radius 2 is 1.75 bits per heavy atom. The van der Waals surface area contributed by atoms with E-state index in [2.05, 4.69) is 10.3 Å². The van der Waals surface area contributed by atoms with Crippen LogP contribution in [0.15, 0.2) is 89.1 Å². The Hall–Kier alpha value is -3.49. The molecule has 1 aliphatic rings. The first-order valence-electron chi connectivity index (χ1n) is 10.1. The van der Waals surface area contributed by atoms with Crippen LogP contribution in [0.2, 0.25) is 0 Å². The summed E-state index contributed by atoms with van der Waals surface area (Å²) in [6.45, 7) is 0.388. The topological polar surface area (TPSA) is 79.4 Å². The lowest BCUT2D eigenvalue weighted by atomic mass is 10.2. The highest BCUT2D eigenvalue weighted by Gasteiger charge is 2.31. The maximum Gasteiger partial charge on any atom is 0.264 e. The van der Waals surface area contributed by atoms with Crippen molar-refractivity contribution in [3.05, 3.63) is 95.4 Å². The molecule has 2 heterocycles. The first-order valence-corrected chi connectivity index (χ1v) is 12.4. The molecule has 5 rings (SSSR count). The van der Waals surface area contributed by atoms with Crippen molar-refractivity contribution in [2.24, 2.45) is 0 Å². The molecule has 32 heavy (non-hydrogen) atoms. The highest BCUT2D eigenvalue weighted by molar-refractivity contribution is 7.92. The first kappa shape index (κ1) is 20.4. The summed E-state index contributed by atoms with van der Waals surface area (Å²) in [4.78, 5) is 17.4. The molecule has 160 valence electrons. The van der Waals surface area contributed by atoms with Crippen LogP contribution in [0.4, 0.5) is 10.8 Å². The van der Waals surface area contributed by atoms with E-state index in [-0.39, 0.29) is 10.5 Å². The van der Waals surface area contributed by atoms with E-state index in [1.54, 1.807) is 12.1 Å². The van der Waals surface area contributed by atoms with Gasteiger partial charge in [-0.2, -0.15) is 0 Å². The molecule has 1 aromatic heterocycles. The van der Waals surface area contributed by atoms with Gasteiger partial charge >= 0.3 is 0 Å². The van der Waals surface area contributed by atoms with Crippen LogP contribution in [-0.2, 0) is 16.4 Å². The SMILES string of the molecule is O=C(Nc1nc(-c2ccccc2)cs1)c1cccc(S(=O)(=O)N2CCc3ccccc32)c1. The standard InChI is InChI=1S/C24H19N3O3S2/c28-23(26-24-25-21(16-31-24)17-7-2-1-3-8-17)19-10-6-11-20(15-19)32(29,30)27-14-13-18-9-4-5-12-22(18)27/h1-12,15-16H,13-14H2,(H,25,26,28). The zero-order valence-corrected chi connectivity index (χ0v) is 18.6. The predicted molar refractivity (Wildman–Crippen MR) is 127 cm³/mol. The molecule has 1 N–H and O–H groups in total. The Morgan fingerprint density at radius 1 is 0.969 bits per heavy atom. The fourth-order valence-corrected chi connectivity index (χ4v) is 5.99. The van der Waals surface area contributed by atoms with Crippen molar-refractivity contribution in [3.63, 3.8) is 0 Å². The number of nitrogens with one attached hydrogen (secondary N) is 1. The van der Waals surface area contributed by atoms with Gasteiger partial charge in [-0.05, 0) is 36.2 Å². The molecule has 0 saturated heterocycles. The third kappa shape index (κ3) is 3.79. The second-order valence-electron chi connectivity index (χ2n) is 7.34. The van der Waals surface area contributed by atoms with Crippen LogP contribution in [0.1, 0.15) is 15.9 Å². The maximum absolute atomic E-state index is 13.3. The van der Waals surface area contributed by atoms with E-state index in [0.29, 0.717) is 23.8 Å². The van der Waals surface area contributed by atoms with E-state index in [1.807, 2.05) is 60.0 Å². The molecule has 6 nitrogen and oxygen atoms in total. The molecule has 0 radical (unpaired) electrons. The smallest absolute Gasteiger partial charge is 0.264 e. The fraction of sp³-hybridized carbons (Fsp3) is 0.0833. The van der Waals surface area contributed by atoms with Gasteiger partial charge in [0.05, 0.1) is 16.3 Å². The molecule has 4 aromatic rings. The first-order chi connectivity index (χ1) is 15.5. The van der Waals surface area contributed by atoms with Crippen molar-refractivity contribution in [2.75, 3.05) is 16.2 Å². The lowest BCUT2D eigenvalue weighted by molar-refractivity contribution is 0.102. The highest BCUT2D eigenvalue weighted by atomic mass is 32.2. The van der Waals surface area contributed by atoms with Crippen molar-refractivity contribution < 1.29 is 13.2 Å². The summed E-state index contributed by atoms with van der Waals surface area (Å²) in [5, 5.41) is 5.10. The number of fused-ring (bicyclic) bond motifs is 1. The van der Waals surface area contributed by atoms with E-state index in [4.69, 9.17) is 0 Å². The van der Waals surface area contributed by atoms with E-state index in [9.17, 15) is 13.2 Å². The molecular weight excluding hydrogens is 442 g/mol. The predicted octanol–water partition coefficient (Wildman–Crippen LogP) is 4.81. The molecule has 8 heteroatoms. The van der Waals surface area contributed by atoms with Gasteiger partial charge in [-0.1, -0.05) is 54.6 Å². The van der Waals surface area contributed by atoms with Gasteiger partial charge in [0.2, 0.25) is 0 Å². The summed E-state index contributed by atoms with van der Waals surface area (Å²) in [6, 6.07) is 23.3. The Morgan fingerprint density at radius 3 is 2.59 bits per heavy atom. The molecule has 1 amide bonds. The van der Waals surface area contributed by atoms with E-state index < -0.39 is 15.9 Å². The zero-order valence-electron chi connectivity index (χ0n) is 16.9. The number of carbonyl (C=O) groups excluding carboxylic acids is 1. The Balaban J connectivity index is 1.37. The van der Waals surface area contributed by atoms with Crippen LogP contribution in [0.3, 0.4) is 0 Å². The highest BCUT2D eigenvalue weighted by Crippen LogP contribution is 2.33. The maximum atomic E-state index is 13.3. The summed E-state index contributed by atoms with van der Waals surface area (Å²) in [7, 11) is -3.77. The third-order valence-electron chi connectivity index (χ3n) is 5.32. The van der Waals surface area contributed by atoms with Crippen molar-refractivity contribution in [2.45, 2.75) is 11.3 Å². The van der Waals surface area contributed by atoms with Crippen LogP contribution in [0.5, 0.6) is 0 Å². The number of thiazole rings is 1. The number of para-hydroxylation sites is 1. The molecule has 1 aliphatic heterocycles. The summed E-state index contributed by atoms with van der Waals surface area (Å²) in [5.74, 6) is -0.405. The van der Waals surface area contributed by atoms with Crippen LogP contribution < -0.4 is 9.62 Å².